The van der Waals surface area contributed by atoms with Gasteiger partial charge in [-0.1, -0.05) is 0 Å². The largest absolute Gasteiger partial charge is 0.381 e. The number of aryl methyl sites for hydroxylation is 1. The van der Waals surface area contributed by atoms with E-state index in [0.717, 1.165) is 76.8 Å². The van der Waals surface area contributed by atoms with Gasteiger partial charge in [-0.05, 0) is 26.2 Å². The lowest BCUT2D eigenvalue weighted by molar-refractivity contribution is -0.0318. The van der Waals surface area contributed by atoms with Gasteiger partial charge in [-0.3, -0.25) is 9.67 Å². The topological polar surface area (TPSA) is 73.1 Å². The predicted octanol–water partition coefficient (Wildman–Crippen LogP) is 1.96. The van der Waals surface area contributed by atoms with Crippen LogP contribution in [0.25, 0.3) is 0 Å². The van der Waals surface area contributed by atoms with Crippen molar-refractivity contribution in [3.8, 4) is 0 Å². The van der Waals surface area contributed by atoms with Crippen LogP contribution in [0.15, 0.2) is 17.4 Å². The number of nitrogens with one attached hydrogen (secondary N) is 1. The molecule has 1 unspecified atom stereocenters. The van der Waals surface area contributed by atoms with Gasteiger partial charge in [0.05, 0.1) is 25.5 Å². The van der Waals surface area contributed by atoms with Crippen molar-refractivity contribution in [2.75, 3.05) is 52.6 Å². The molecule has 2 aliphatic heterocycles. The number of hydrogen-bond donors (Lipinski definition) is 1. The number of hydrogen-bond acceptors (Lipinski definition) is 5. The summed E-state index contributed by atoms with van der Waals surface area (Å²) in [4.78, 5) is 7.09. The maximum Gasteiger partial charge on any atom is 0.194 e. The number of halogens is 1. The van der Waals surface area contributed by atoms with Gasteiger partial charge >= 0.3 is 0 Å². The summed E-state index contributed by atoms with van der Waals surface area (Å²) < 4.78 is 19.1. The van der Waals surface area contributed by atoms with Gasteiger partial charge < -0.3 is 24.4 Å². The summed E-state index contributed by atoms with van der Waals surface area (Å²) in [5.74, 6) is 0.959. The van der Waals surface area contributed by atoms with Gasteiger partial charge in [-0.25, -0.2) is 0 Å². The zero-order valence-corrected chi connectivity index (χ0v) is 19.3. The fraction of sp³-hybridized carbons (Fsp3) is 0.789. The molecule has 2 aliphatic rings. The molecule has 1 aromatic rings. The first-order valence-corrected chi connectivity index (χ1v) is 10.1. The van der Waals surface area contributed by atoms with Crippen LogP contribution in [0.1, 0.15) is 37.9 Å². The third-order valence-corrected chi connectivity index (χ3v) is 4.88. The average Bonchev–Trinajstić information content (AvgIpc) is 3.14. The number of rotatable bonds is 7. The Balaban J connectivity index is 0.00000280. The van der Waals surface area contributed by atoms with Crippen molar-refractivity contribution in [3.05, 3.63) is 18.0 Å². The van der Waals surface area contributed by atoms with Crippen LogP contribution in [-0.4, -0.2) is 79.4 Å². The third kappa shape index (κ3) is 7.16. The van der Waals surface area contributed by atoms with Gasteiger partial charge in [0.1, 0.15) is 6.10 Å². The molecule has 3 heterocycles. The molecule has 0 amide bonds. The van der Waals surface area contributed by atoms with Gasteiger partial charge in [-0.2, -0.15) is 5.10 Å². The number of aromatic nitrogens is 2. The number of guanidine groups is 1. The van der Waals surface area contributed by atoms with E-state index in [4.69, 9.17) is 19.2 Å². The van der Waals surface area contributed by atoms with E-state index < -0.39 is 0 Å². The summed E-state index contributed by atoms with van der Waals surface area (Å²) in [5, 5.41) is 7.67. The molecule has 2 saturated heterocycles. The summed E-state index contributed by atoms with van der Waals surface area (Å²) in [5.41, 5.74) is 1.11. The molecule has 0 saturated carbocycles. The highest BCUT2D eigenvalue weighted by Gasteiger charge is 2.25. The lowest BCUT2D eigenvalue weighted by Crippen LogP contribution is -2.48. The molecule has 0 aromatic carbocycles. The normalized spacial score (nSPS) is 21.4. The molecule has 3 rings (SSSR count). The fourth-order valence-corrected chi connectivity index (χ4v) is 3.42. The smallest absolute Gasteiger partial charge is 0.194 e. The maximum atomic E-state index is 5.94. The Bertz CT molecular complexity index is 592. The van der Waals surface area contributed by atoms with Crippen molar-refractivity contribution in [2.24, 2.45) is 12.0 Å². The lowest BCUT2D eigenvalue weighted by atomic mass is 10.1. The van der Waals surface area contributed by atoms with Crippen molar-refractivity contribution in [3.63, 3.8) is 0 Å². The van der Waals surface area contributed by atoms with Crippen LogP contribution in [0.4, 0.5) is 0 Å². The zero-order valence-electron chi connectivity index (χ0n) is 17.0. The van der Waals surface area contributed by atoms with Crippen LogP contribution in [0, 0.1) is 0 Å². The van der Waals surface area contributed by atoms with Crippen molar-refractivity contribution < 1.29 is 14.2 Å². The SMILES string of the molecule is CCNC(=NCCCOC1CCOCC1)N1CCOC(c2cnn(C)c2)C1.I. The second kappa shape index (κ2) is 12.6. The quantitative estimate of drug-likeness (QED) is 0.264. The predicted molar refractivity (Wildman–Crippen MR) is 119 cm³/mol. The molecule has 0 bridgehead atoms. The molecule has 0 spiro atoms. The van der Waals surface area contributed by atoms with Gasteiger partial charge in [0, 0.05) is 58.3 Å². The van der Waals surface area contributed by atoms with Crippen LogP contribution in [0.2, 0.25) is 0 Å². The maximum absolute atomic E-state index is 5.94. The molecule has 1 aromatic heterocycles. The van der Waals surface area contributed by atoms with Gasteiger partial charge in [0.2, 0.25) is 0 Å². The molecule has 0 radical (unpaired) electrons. The standard InChI is InChI=1S/C19H33N5O3.HI/c1-3-20-19(21-7-4-9-26-17-5-10-25-11-6-17)24-8-12-27-18(15-24)16-13-22-23(2)14-16;/h13-14,17-18H,3-12,15H2,1-2H3,(H,20,21);1H. The second-order valence-electron chi connectivity index (χ2n) is 7.02. The zero-order chi connectivity index (χ0) is 18.9. The highest BCUT2D eigenvalue weighted by atomic mass is 127. The molecule has 1 atom stereocenters. The van der Waals surface area contributed by atoms with Gasteiger partial charge in [0.25, 0.3) is 0 Å². The molecule has 9 heteroatoms. The first-order chi connectivity index (χ1) is 13.3. The van der Waals surface area contributed by atoms with Crippen molar-refractivity contribution in [2.45, 2.75) is 38.4 Å². The fourth-order valence-electron chi connectivity index (χ4n) is 3.42. The van der Waals surface area contributed by atoms with E-state index in [9.17, 15) is 0 Å². The molecule has 28 heavy (non-hydrogen) atoms. The van der Waals surface area contributed by atoms with Crippen molar-refractivity contribution in [1.29, 1.82) is 0 Å². The molecular weight excluding hydrogens is 473 g/mol. The molecule has 160 valence electrons. The Hall–Kier alpha value is -0.910. The molecule has 1 N–H and O–H groups in total. The lowest BCUT2D eigenvalue weighted by Gasteiger charge is -2.34. The molecular formula is C19H34IN5O3. The van der Waals surface area contributed by atoms with Crippen LogP contribution in [0.5, 0.6) is 0 Å². The minimum absolute atomic E-state index is 0. The number of nitrogens with zero attached hydrogens (tertiary/aromatic N) is 4. The van der Waals surface area contributed by atoms with Crippen LogP contribution >= 0.6 is 24.0 Å². The summed E-state index contributed by atoms with van der Waals surface area (Å²) in [6.45, 7) is 8.45. The summed E-state index contributed by atoms with van der Waals surface area (Å²) in [6, 6.07) is 0. The van der Waals surface area contributed by atoms with E-state index in [1.165, 1.54) is 0 Å². The number of aliphatic imine (C=N–C) groups is 1. The minimum atomic E-state index is 0. The highest BCUT2D eigenvalue weighted by molar-refractivity contribution is 14.0. The highest BCUT2D eigenvalue weighted by Crippen LogP contribution is 2.21. The van der Waals surface area contributed by atoms with Crippen LogP contribution < -0.4 is 5.32 Å². The van der Waals surface area contributed by atoms with E-state index in [-0.39, 0.29) is 30.1 Å². The first kappa shape index (κ1) is 23.4. The Morgan fingerprint density at radius 2 is 2.18 bits per heavy atom. The molecule has 8 nitrogen and oxygen atoms in total. The molecule has 2 fully saturated rings. The third-order valence-electron chi connectivity index (χ3n) is 4.88. The second-order valence-corrected chi connectivity index (χ2v) is 7.02. The van der Waals surface area contributed by atoms with Gasteiger partial charge in [-0.15, -0.1) is 24.0 Å². The van der Waals surface area contributed by atoms with Crippen molar-refractivity contribution in [1.82, 2.24) is 20.0 Å². The molecule has 0 aliphatic carbocycles. The monoisotopic (exact) mass is 507 g/mol. The Kier molecular flexibility index (Phi) is 10.5. The van der Waals surface area contributed by atoms with Crippen molar-refractivity contribution >= 4 is 29.9 Å². The number of morpholine rings is 1. The summed E-state index contributed by atoms with van der Waals surface area (Å²) in [6.07, 6.45) is 7.24. The Morgan fingerprint density at radius 1 is 1.36 bits per heavy atom. The summed E-state index contributed by atoms with van der Waals surface area (Å²) >= 11 is 0. The number of ether oxygens (including phenoxy) is 3. The summed E-state index contributed by atoms with van der Waals surface area (Å²) in [7, 11) is 1.93. The minimum Gasteiger partial charge on any atom is -0.381 e. The Morgan fingerprint density at radius 3 is 2.89 bits per heavy atom. The van der Waals surface area contributed by atoms with Crippen LogP contribution in [-0.2, 0) is 21.3 Å². The van der Waals surface area contributed by atoms with Crippen LogP contribution in [0.3, 0.4) is 0 Å². The van der Waals surface area contributed by atoms with E-state index in [0.29, 0.717) is 12.7 Å². The Labute approximate surface area is 185 Å². The van der Waals surface area contributed by atoms with E-state index in [1.54, 1.807) is 0 Å². The van der Waals surface area contributed by atoms with E-state index in [2.05, 4.69) is 22.2 Å². The first-order valence-electron chi connectivity index (χ1n) is 10.1. The van der Waals surface area contributed by atoms with Gasteiger partial charge in [0.15, 0.2) is 5.96 Å². The average molecular weight is 507 g/mol. The van der Waals surface area contributed by atoms with E-state index >= 15 is 0 Å². The van der Waals surface area contributed by atoms with E-state index in [1.807, 2.05) is 24.1 Å².